The summed E-state index contributed by atoms with van der Waals surface area (Å²) in [6.07, 6.45) is 0. The van der Waals surface area contributed by atoms with Crippen molar-refractivity contribution in [2.75, 3.05) is 0 Å². The Bertz CT molecular complexity index is 317. The van der Waals surface area contributed by atoms with Crippen molar-refractivity contribution in [2.45, 2.75) is 6.92 Å². The van der Waals surface area contributed by atoms with E-state index in [1.165, 1.54) is 0 Å². The Morgan fingerprint density at radius 3 is 2.54 bits per heavy atom. The van der Waals surface area contributed by atoms with E-state index in [1.807, 2.05) is 30.3 Å². The van der Waals surface area contributed by atoms with Crippen LogP contribution in [0.5, 0.6) is 0 Å². The Balaban J connectivity index is 2.81. The van der Waals surface area contributed by atoms with E-state index in [1.54, 1.807) is 6.92 Å². The molecule has 0 unspecified atom stereocenters. The van der Waals surface area contributed by atoms with E-state index in [9.17, 15) is 0 Å². The van der Waals surface area contributed by atoms with Gasteiger partial charge in [0.15, 0.2) is 0 Å². The zero-order valence-electron chi connectivity index (χ0n) is 7.53. The van der Waals surface area contributed by atoms with E-state index in [0.717, 1.165) is 5.56 Å². The number of nitrogens with zero attached hydrogens (tertiary/aromatic N) is 1. The molecule has 0 atom stereocenters. The highest BCUT2D eigenvalue weighted by Crippen LogP contribution is 2.12. The number of hydrogen-bond donors (Lipinski definition) is 1. The lowest BCUT2D eigenvalue weighted by molar-refractivity contribution is 0.318. The summed E-state index contributed by atoms with van der Waals surface area (Å²) < 4.78 is 0. The van der Waals surface area contributed by atoms with Crippen molar-refractivity contribution < 1.29 is 4.84 Å². The van der Waals surface area contributed by atoms with Crippen molar-refractivity contribution in [2.24, 2.45) is 10.9 Å². The molecule has 68 valence electrons. The fourth-order valence-corrected chi connectivity index (χ4v) is 0.911. The van der Waals surface area contributed by atoms with Crippen molar-refractivity contribution in [3.05, 3.63) is 42.5 Å². The monoisotopic (exact) mass is 176 g/mol. The summed E-state index contributed by atoms with van der Waals surface area (Å²) in [6, 6.07) is 9.64. The fourth-order valence-electron chi connectivity index (χ4n) is 0.911. The zero-order chi connectivity index (χ0) is 9.68. The number of rotatable bonds is 2. The molecule has 0 aliphatic carbocycles. The molecule has 13 heavy (non-hydrogen) atoms. The van der Waals surface area contributed by atoms with Gasteiger partial charge in [0.25, 0.3) is 0 Å². The van der Waals surface area contributed by atoms with E-state index < -0.39 is 0 Å². The highest BCUT2D eigenvalue weighted by Gasteiger charge is 1.96. The molecule has 3 nitrogen and oxygen atoms in total. The van der Waals surface area contributed by atoms with Crippen molar-refractivity contribution in [1.82, 2.24) is 0 Å². The molecular weight excluding hydrogens is 164 g/mol. The van der Waals surface area contributed by atoms with Gasteiger partial charge in [-0.3, -0.25) is 0 Å². The van der Waals surface area contributed by atoms with Gasteiger partial charge in [-0.1, -0.05) is 36.9 Å². The number of nitrogens with two attached hydrogens (primary N) is 1. The van der Waals surface area contributed by atoms with Gasteiger partial charge < -0.3 is 4.84 Å². The Labute approximate surface area is 77.5 Å². The molecule has 0 aliphatic rings. The van der Waals surface area contributed by atoms with E-state index in [2.05, 4.69) is 16.4 Å². The van der Waals surface area contributed by atoms with Gasteiger partial charge in [-0.05, 0) is 5.56 Å². The molecule has 1 aromatic carbocycles. The molecule has 0 aromatic heterocycles. The summed E-state index contributed by atoms with van der Waals surface area (Å²) in [4.78, 5) is 8.47. The van der Waals surface area contributed by atoms with Gasteiger partial charge in [0.1, 0.15) is 0 Å². The molecule has 0 saturated heterocycles. The topological polar surface area (TPSA) is 47.6 Å². The fraction of sp³-hybridized carbons (Fsp3) is 0.100. The van der Waals surface area contributed by atoms with Crippen LogP contribution in [0.4, 0.5) is 0 Å². The van der Waals surface area contributed by atoms with Gasteiger partial charge in [0.05, 0.1) is 5.70 Å². The summed E-state index contributed by atoms with van der Waals surface area (Å²) in [5, 5.41) is 0. The van der Waals surface area contributed by atoms with E-state index >= 15 is 0 Å². The van der Waals surface area contributed by atoms with Gasteiger partial charge in [-0.2, -0.15) is 5.90 Å². The zero-order valence-corrected chi connectivity index (χ0v) is 7.53. The average Bonchev–Trinajstić information content (AvgIpc) is 2.19. The molecule has 2 N–H and O–H groups in total. The molecule has 0 bridgehead atoms. The second-order valence-electron chi connectivity index (χ2n) is 2.56. The van der Waals surface area contributed by atoms with Crippen molar-refractivity contribution in [3.63, 3.8) is 0 Å². The van der Waals surface area contributed by atoms with E-state index in [0.29, 0.717) is 11.6 Å². The largest absolute Gasteiger partial charge is 0.396 e. The minimum Gasteiger partial charge on any atom is -0.396 e. The lowest BCUT2D eigenvalue weighted by atomic mass is 10.2. The first-order valence-electron chi connectivity index (χ1n) is 3.90. The van der Waals surface area contributed by atoms with Crippen LogP contribution in [0, 0.1) is 0 Å². The normalized spacial score (nSPS) is 11.1. The Hall–Kier alpha value is -1.61. The molecule has 1 aromatic rings. The van der Waals surface area contributed by atoms with Crippen LogP contribution in [0.15, 0.2) is 41.9 Å². The highest BCUT2D eigenvalue weighted by molar-refractivity contribution is 5.80. The summed E-state index contributed by atoms with van der Waals surface area (Å²) in [5.74, 6) is 5.32. The molecular formula is C10H12N2O. The van der Waals surface area contributed by atoms with Crippen molar-refractivity contribution in [3.8, 4) is 0 Å². The molecule has 0 amide bonds. The predicted molar refractivity (Wildman–Crippen MR) is 53.9 cm³/mol. The van der Waals surface area contributed by atoms with Crippen LogP contribution in [0.3, 0.4) is 0 Å². The van der Waals surface area contributed by atoms with Gasteiger partial charge in [-0.15, -0.1) is 0 Å². The number of aliphatic imine (C=N–C) groups is 1. The van der Waals surface area contributed by atoms with Gasteiger partial charge in [0.2, 0.25) is 5.90 Å². The van der Waals surface area contributed by atoms with Crippen LogP contribution in [0.1, 0.15) is 12.5 Å². The Morgan fingerprint density at radius 2 is 2.00 bits per heavy atom. The number of hydrogen-bond acceptors (Lipinski definition) is 3. The Kier molecular flexibility index (Phi) is 3.23. The van der Waals surface area contributed by atoms with E-state index in [-0.39, 0.29) is 0 Å². The van der Waals surface area contributed by atoms with Gasteiger partial charge in [0, 0.05) is 6.92 Å². The summed E-state index contributed by atoms with van der Waals surface area (Å²) in [7, 11) is 0. The molecule has 0 heterocycles. The minimum atomic E-state index is 0.397. The van der Waals surface area contributed by atoms with Gasteiger partial charge in [-0.25, -0.2) is 4.99 Å². The third kappa shape index (κ3) is 2.72. The first-order valence-corrected chi connectivity index (χ1v) is 3.90. The third-order valence-corrected chi connectivity index (χ3v) is 1.57. The van der Waals surface area contributed by atoms with E-state index in [4.69, 9.17) is 5.90 Å². The maximum absolute atomic E-state index is 4.93. The molecule has 0 saturated carbocycles. The quantitative estimate of drug-likeness (QED) is 0.425. The summed E-state index contributed by atoms with van der Waals surface area (Å²) in [5.41, 5.74) is 1.60. The second-order valence-corrected chi connectivity index (χ2v) is 2.56. The molecule has 0 spiro atoms. The van der Waals surface area contributed by atoms with Crippen molar-refractivity contribution in [1.29, 1.82) is 0 Å². The molecule has 0 radical (unpaired) electrons. The maximum Gasteiger partial charge on any atom is 0.210 e. The van der Waals surface area contributed by atoms with Crippen LogP contribution in [0.25, 0.3) is 5.70 Å². The standard InChI is InChI=1S/C10H12N2O/c1-8(12-9(2)13-11)10-6-4-3-5-7-10/h3-7H,1,11H2,2H3. The molecule has 0 aliphatic heterocycles. The lowest BCUT2D eigenvalue weighted by Gasteiger charge is -2.00. The number of benzene rings is 1. The molecule has 1 rings (SSSR count). The first kappa shape index (κ1) is 9.48. The third-order valence-electron chi connectivity index (χ3n) is 1.57. The highest BCUT2D eigenvalue weighted by atomic mass is 16.6. The van der Waals surface area contributed by atoms with Gasteiger partial charge >= 0.3 is 0 Å². The average molecular weight is 176 g/mol. The van der Waals surface area contributed by atoms with Crippen LogP contribution in [-0.2, 0) is 4.84 Å². The summed E-state index contributed by atoms with van der Waals surface area (Å²) in [6.45, 7) is 5.46. The van der Waals surface area contributed by atoms with Crippen molar-refractivity contribution >= 4 is 11.6 Å². The maximum atomic E-state index is 4.93. The van der Waals surface area contributed by atoms with Crippen LogP contribution >= 0.6 is 0 Å². The molecule has 0 fully saturated rings. The van der Waals surface area contributed by atoms with Crippen LogP contribution in [0.2, 0.25) is 0 Å². The predicted octanol–water partition coefficient (Wildman–Crippen LogP) is 1.97. The lowest BCUT2D eigenvalue weighted by Crippen LogP contribution is -2.05. The first-order chi connectivity index (χ1) is 6.24. The van der Waals surface area contributed by atoms with Crippen LogP contribution < -0.4 is 5.90 Å². The molecule has 3 heteroatoms. The second kappa shape index (κ2) is 4.42. The van der Waals surface area contributed by atoms with Crippen LogP contribution in [-0.4, -0.2) is 5.90 Å². The smallest absolute Gasteiger partial charge is 0.210 e. The Morgan fingerprint density at radius 1 is 1.38 bits per heavy atom. The summed E-state index contributed by atoms with van der Waals surface area (Å²) >= 11 is 0. The minimum absolute atomic E-state index is 0.397. The SMILES string of the molecule is C=C(N=C(C)ON)c1ccccc1.